The van der Waals surface area contributed by atoms with Crippen molar-refractivity contribution in [2.45, 2.75) is 52.6 Å². The van der Waals surface area contributed by atoms with Gasteiger partial charge in [-0.3, -0.25) is 0 Å². The van der Waals surface area contributed by atoms with Crippen LogP contribution in [0.1, 0.15) is 46.5 Å². The lowest BCUT2D eigenvalue weighted by molar-refractivity contribution is 0.178. The fraction of sp³-hybridized carbons (Fsp3) is 0.550. The van der Waals surface area contributed by atoms with Crippen molar-refractivity contribution >= 4 is 0 Å². The van der Waals surface area contributed by atoms with Crippen molar-refractivity contribution in [3.05, 3.63) is 48.1 Å². The second-order valence-electron chi connectivity index (χ2n) is 8.15. The molecule has 24 heavy (non-hydrogen) atoms. The van der Waals surface area contributed by atoms with Crippen molar-refractivity contribution in [2.75, 3.05) is 0 Å². The Morgan fingerprint density at radius 1 is 1.21 bits per heavy atom. The summed E-state index contributed by atoms with van der Waals surface area (Å²) in [6.07, 6.45) is 11.9. The van der Waals surface area contributed by atoms with Crippen LogP contribution < -0.4 is 4.74 Å². The Hall–Kier alpha value is -1.97. The molecule has 3 aliphatic carbocycles. The van der Waals surface area contributed by atoms with Crippen LogP contribution in [0.5, 0.6) is 6.01 Å². The molecule has 3 unspecified atom stereocenters. The van der Waals surface area contributed by atoms with Gasteiger partial charge < -0.3 is 4.74 Å². The Kier molecular flexibility index (Phi) is 3.41. The van der Waals surface area contributed by atoms with E-state index in [4.69, 9.17) is 4.74 Å². The average Bonchev–Trinajstić information content (AvgIpc) is 2.91. The topological polar surface area (TPSA) is 47.9 Å². The zero-order chi connectivity index (χ0) is 16.9. The van der Waals surface area contributed by atoms with Crippen LogP contribution in [0.2, 0.25) is 0 Å². The van der Waals surface area contributed by atoms with Crippen molar-refractivity contribution < 1.29 is 4.74 Å². The molecule has 0 aliphatic heterocycles. The molecule has 0 aromatic carbocycles. The van der Waals surface area contributed by atoms with E-state index in [1.54, 1.807) is 5.57 Å². The van der Waals surface area contributed by atoms with E-state index in [1.807, 2.05) is 0 Å². The van der Waals surface area contributed by atoms with Gasteiger partial charge in [-0.2, -0.15) is 9.97 Å². The lowest BCUT2D eigenvalue weighted by atomic mass is 9.67. The van der Waals surface area contributed by atoms with Crippen molar-refractivity contribution in [2.24, 2.45) is 16.7 Å². The van der Waals surface area contributed by atoms with Crippen LogP contribution in [0.15, 0.2) is 48.1 Å². The first kappa shape index (κ1) is 15.6. The van der Waals surface area contributed by atoms with Crippen LogP contribution >= 0.6 is 0 Å². The summed E-state index contributed by atoms with van der Waals surface area (Å²) in [4.78, 5) is 11.9. The van der Waals surface area contributed by atoms with Gasteiger partial charge >= 0.3 is 6.01 Å². The minimum atomic E-state index is -0.156. The number of nitrogens with zero attached hydrogens (tertiary/aromatic N) is 3. The summed E-state index contributed by atoms with van der Waals surface area (Å²) >= 11 is 0. The van der Waals surface area contributed by atoms with E-state index in [1.165, 1.54) is 37.5 Å². The maximum absolute atomic E-state index is 5.84. The van der Waals surface area contributed by atoms with Crippen molar-refractivity contribution in [1.29, 1.82) is 0 Å². The molecule has 0 radical (unpaired) electrons. The molecule has 4 nitrogen and oxygen atoms in total. The smallest absolute Gasteiger partial charge is 0.320 e. The SMILES string of the molecule is C=C1CC(=C2CC3CCC2(C)C3(C)C)C=CC1Oc1ncncn1. The average molecular weight is 323 g/mol. The van der Waals surface area contributed by atoms with Gasteiger partial charge in [0.1, 0.15) is 18.8 Å². The molecule has 126 valence electrons. The third kappa shape index (κ3) is 2.15. The fourth-order valence-electron chi connectivity index (χ4n) is 4.93. The number of hydrogen-bond acceptors (Lipinski definition) is 4. The van der Waals surface area contributed by atoms with Crippen LogP contribution in [0.3, 0.4) is 0 Å². The van der Waals surface area contributed by atoms with E-state index in [2.05, 4.69) is 54.5 Å². The first-order valence-corrected chi connectivity index (χ1v) is 8.79. The molecule has 1 aromatic rings. The third-order valence-corrected chi connectivity index (χ3v) is 6.93. The van der Waals surface area contributed by atoms with Crippen LogP contribution in [0, 0.1) is 16.7 Å². The molecule has 0 N–H and O–H groups in total. The zero-order valence-corrected chi connectivity index (χ0v) is 14.7. The number of rotatable bonds is 2. The number of allylic oxidation sites excluding steroid dienone is 3. The summed E-state index contributed by atoms with van der Waals surface area (Å²) in [7, 11) is 0. The Bertz CT molecular complexity index is 735. The second-order valence-corrected chi connectivity index (χ2v) is 8.15. The lowest BCUT2D eigenvalue weighted by Crippen LogP contribution is -2.29. The maximum atomic E-state index is 5.84. The highest BCUT2D eigenvalue weighted by atomic mass is 16.5. The zero-order valence-electron chi connectivity index (χ0n) is 14.7. The molecule has 1 aromatic heterocycles. The molecule has 4 rings (SSSR count). The van der Waals surface area contributed by atoms with Gasteiger partial charge in [0, 0.05) is 0 Å². The second kappa shape index (κ2) is 5.27. The van der Waals surface area contributed by atoms with E-state index >= 15 is 0 Å². The number of aromatic nitrogens is 3. The highest BCUT2D eigenvalue weighted by molar-refractivity contribution is 5.44. The van der Waals surface area contributed by atoms with Gasteiger partial charge in [-0.1, -0.05) is 39.0 Å². The number of ether oxygens (including phenoxy) is 1. The molecule has 0 spiro atoms. The summed E-state index contributed by atoms with van der Waals surface area (Å²) in [5.74, 6) is 0.825. The van der Waals surface area contributed by atoms with Crippen molar-refractivity contribution in [1.82, 2.24) is 15.0 Å². The van der Waals surface area contributed by atoms with Crippen molar-refractivity contribution in [3.8, 4) is 6.01 Å². The molecular weight excluding hydrogens is 298 g/mol. The van der Waals surface area contributed by atoms with Crippen LogP contribution in [-0.4, -0.2) is 21.1 Å². The Balaban J connectivity index is 1.60. The van der Waals surface area contributed by atoms with Gasteiger partial charge in [0.15, 0.2) is 0 Å². The molecule has 0 saturated heterocycles. The minimum absolute atomic E-state index is 0.156. The van der Waals surface area contributed by atoms with Gasteiger partial charge in [-0.15, -0.1) is 0 Å². The first-order valence-electron chi connectivity index (χ1n) is 8.79. The molecule has 2 saturated carbocycles. The van der Waals surface area contributed by atoms with Crippen LogP contribution in [0.25, 0.3) is 0 Å². The third-order valence-electron chi connectivity index (χ3n) is 6.93. The Morgan fingerprint density at radius 2 is 1.96 bits per heavy atom. The van der Waals surface area contributed by atoms with E-state index < -0.39 is 0 Å². The van der Waals surface area contributed by atoms with Gasteiger partial charge in [-0.25, -0.2) is 4.98 Å². The van der Waals surface area contributed by atoms with Crippen molar-refractivity contribution in [3.63, 3.8) is 0 Å². The highest BCUT2D eigenvalue weighted by Crippen LogP contribution is 2.68. The van der Waals surface area contributed by atoms with Crippen LogP contribution in [0.4, 0.5) is 0 Å². The molecule has 2 bridgehead atoms. The largest absolute Gasteiger partial charge is 0.451 e. The van der Waals surface area contributed by atoms with Gasteiger partial charge in [0.05, 0.1) is 0 Å². The molecule has 3 atom stereocenters. The molecule has 2 fully saturated rings. The summed E-state index contributed by atoms with van der Waals surface area (Å²) in [6.45, 7) is 11.6. The van der Waals surface area contributed by atoms with E-state index in [-0.39, 0.29) is 6.10 Å². The molecule has 4 heteroatoms. The lowest BCUT2D eigenvalue weighted by Gasteiger charge is -2.37. The highest BCUT2D eigenvalue weighted by Gasteiger charge is 2.59. The van der Waals surface area contributed by atoms with Gasteiger partial charge in [0.2, 0.25) is 0 Å². The fourth-order valence-corrected chi connectivity index (χ4v) is 4.93. The Morgan fingerprint density at radius 3 is 2.54 bits per heavy atom. The van der Waals surface area contributed by atoms with Crippen LogP contribution in [-0.2, 0) is 0 Å². The molecule has 3 aliphatic rings. The monoisotopic (exact) mass is 323 g/mol. The quantitative estimate of drug-likeness (QED) is 0.762. The summed E-state index contributed by atoms with van der Waals surface area (Å²) in [6, 6.07) is 0.352. The number of hydrogen-bond donors (Lipinski definition) is 0. The van der Waals surface area contributed by atoms with E-state index in [0.29, 0.717) is 16.8 Å². The first-order chi connectivity index (χ1) is 11.4. The van der Waals surface area contributed by atoms with Gasteiger partial charge in [0.25, 0.3) is 0 Å². The van der Waals surface area contributed by atoms with E-state index in [0.717, 1.165) is 17.9 Å². The summed E-state index contributed by atoms with van der Waals surface area (Å²) in [5, 5.41) is 0. The van der Waals surface area contributed by atoms with Gasteiger partial charge in [-0.05, 0) is 59.7 Å². The summed E-state index contributed by atoms with van der Waals surface area (Å²) in [5.41, 5.74) is 4.92. The molecule has 1 heterocycles. The minimum Gasteiger partial charge on any atom is -0.451 e. The number of fused-ring (bicyclic) bond motifs is 2. The predicted octanol–water partition coefficient (Wildman–Crippen LogP) is 4.28. The van der Waals surface area contributed by atoms with E-state index in [9.17, 15) is 0 Å². The standard InChI is InChI=1S/C20H25N3O/c1-13-9-14(5-6-17(13)24-18-22-11-21-12-23-18)16-10-15-7-8-20(16,4)19(15,2)3/h5-6,11-12,15,17H,1,7-10H2,2-4H3. The summed E-state index contributed by atoms with van der Waals surface area (Å²) < 4.78 is 5.84. The maximum Gasteiger partial charge on any atom is 0.320 e. The normalized spacial score (nSPS) is 37.0. The Labute approximate surface area is 143 Å². The molecule has 0 amide bonds. The predicted molar refractivity (Wildman–Crippen MR) is 93.4 cm³/mol. The molecular formula is C20H25N3O.